The van der Waals surface area contributed by atoms with Crippen molar-refractivity contribution in [2.24, 2.45) is 0 Å². The zero-order valence-electron chi connectivity index (χ0n) is 12.7. The first-order chi connectivity index (χ1) is 9.70. The molecule has 0 aliphatic rings. The Hall–Kier alpha value is -0.360. The van der Waals surface area contributed by atoms with E-state index >= 15 is 0 Å². The lowest BCUT2D eigenvalue weighted by Crippen LogP contribution is -2.19. The molecule has 4 nitrogen and oxygen atoms in total. The average Bonchev–Trinajstić information content (AvgIpc) is 2.45. The van der Waals surface area contributed by atoms with E-state index in [9.17, 15) is 9.59 Å². The Balaban J connectivity index is 3.20. The van der Waals surface area contributed by atoms with E-state index in [4.69, 9.17) is 0 Å². The number of thioether (sulfide) groups is 2. The fraction of sp³-hybridized carbons (Fsp3) is 0.857. The van der Waals surface area contributed by atoms with Gasteiger partial charge in [0.15, 0.2) is 0 Å². The van der Waals surface area contributed by atoms with E-state index in [1.54, 1.807) is 0 Å². The van der Waals surface area contributed by atoms with Crippen LogP contribution in [-0.4, -0.2) is 35.1 Å². The first kappa shape index (κ1) is 19.6. The summed E-state index contributed by atoms with van der Waals surface area (Å²) in [6.07, 6.45) is 6.36. The van der Waals surface area contributed by atoms with Gasteiger partial charge in [-0.1, -0.05) is 50.2 Å². The van der Waals surface area contributed by atoms with Crippen LogP contribution in [0.5, 0.6) is 0 Å². The van der Waals surface area contributed by atoms with Gasteiger partial charge in [-0.3, -0.25) is 9.59 Å². The summed E-state index contributed by atoms with van der Waals surface area (Å²) in [6.45, 7) is 5.63. The maximum atomic E-state index is 11.3. The number of unbranched alkanes of at least 4 members (excludes halogenated alkanes) is 3. The summed E-state index contributed by atoms with van der Waals surface area (Å²) in [6, 6.07) is 0. The summed E-state index contributed by atoms with van der Waals surface area (Å²) in [4.78, 5) is 22.6. The highest BCUT2D eigenvalue weighted by atomic mass is 32.2. The van der Waals surface area contributed by atoms with Gasteiger partial charge in [0.2, 0.25) is 0 Å². The molecule has 20 heavy (non-hydrogen) atoms. The van der Waals surface area contributed by atoms with Gasteiger partial charge in [0.25, 0.3) is 10.5 Å². The molecule has 0 aromatic carbocycles. The lowest BCUT2D eigenvalue weighted by molar-refractivity contribution is 0.260. The molecule has 0 fully saturated rings. The van der Waals surface area contributed by atoms with Crippen LogP contribution in [0, 0.1) is 0 Å². The highest BCUT2D eigenvalue weighted by Crippen LogP contribution is 2.11. The number of hydrogen-bond donors (Lipinski definition) is 2. The number of hydrogen-bond acceptors (Lipinski definition) is 4. The number of rotatable bonds is 11. The molecule has 0 saturated carbocycles. The zero-order chi connectivity index (χ0) is 15.1. The minimum atomic E-state index is 0.0926. The van der Waals surface area contributed by atoms with Crippen LogP contribution in [0.4, 0.5) is 9.59 Å². The average molecular weight is 321 g/mol. The highest BCUT2D eigenvalue weighted by molar-refractivity contribution is 8.13. The molecule has 2 amide bonds. The van der Waals surface area contributed by atoms with Crippen molar-refractivity contribution in [2.75, 3.05) is 24.6 Å². The van der Waals surface area contributed by atoms with Gasteiger partial charge in [-0.2, -0.15) is 0 Å². The van der Waals surface area contributed by atoms with Gasteiger partial charge in [0, 0.05) is 24.6 Å². The molecule has 0 rings (SSSR count). The quantitative estimate of drug-likeness (QED) is 0.559. The Morgan fingerprint density at radius 1 is 0.750 bits per heavy atom. The summed E-state index contributed by atoms with van der Waals surface area (Å²) in [5, 5.41) is 5.88. The summed E-state index contributed by atoms with van der Waals surface area (Å²) in [5.74, 6) is 1.78. The maximum absolute atomic E-state index is 11.3. The standard InChI is InChI=1S/C14H28N2O2S2/c1-3-9-15-13(17)19-11-7-5-6-8-12-20-14(18)16-10-4-2/h3-12H2,1-2H3,(H,15,17)(H,16,18). The highest BCUT2D eigenvalue weighted by Gasteiger charge is 2.01. The largest absolute Gasteiger partial charge is 0.347 e. The maximum Gasteiger partial charge on any atom is 0.279 e. The third-order valence-electron chi connectivity index (χ3n) is 2.54. The van der Waals surface area contributed by atoms with E-state index in [1.165, 1.54) is 23.5 Å². The van der Waals surface area contributed by atoms with Crippen molar-refractivity contribution in [2.45, 2.75) is 52.4 Å². The third kappa shape index (κ3) is 14.1. The minimum absolute atomic E-state index is 0.0926. The Labute approximate surface area is 131 Å². The van der Waals surface area contributed by atoms with Crippen molar-refractivity contribution < 1.29 is 9.59 Å². The fourth-order valence-corrected chi connectivity index (χ4v) is 2.92. The van der Waals surface area contributed by atoms with Crippen LogP contribution < -0.4 is 10.6 Å². The number of nitrogens with one attached hydrogen (secondary N) is 2. The van der Waals surface area contributed by atoms with E-state index in [-0.39, 0.29) is 10.5 Å². The van der Waals surface area contributed by atoms with E-state index in [0.717, 1.165) is 63.1 Å². The van der Waals surface area contributed by atoms with Crippen LogP contribution in [-0.2, 0) is 0 Å². The zero-order valence-corrected chi connectivity index (χ0v) is 14.3. The van der Waals surface area contributed by atoms with E-state index in [2.05, 4.69) is 10.6 Å². The van der Waals surface area contributed by atoms with Crippen molar-refractivity contribution in [1.29, 1.82) is 0 Å². The minimum Gasteiger partial charge on any atom is -0.347 e. The van der Waals surface area contributed by atoms with Crippen LogP contribution in [0.25, 0.3) is 0 Å². The Morgan fingerprint density at radius 3 is 1.50 bits per heavy atom. The fourth-order valence-electron chi connectivity index (χ4n) is 1.44. The molecule has 0 radical (unpaired) electrons. The molecule has 0 bridgehead atoms. The summed E-state index contributed by atoms with van der Waals surface area (Å²) in [7, 11) is 0. The third-order valence-corrected chi connectivity index (χ3v) is 4.34. The molecule has 0 spiro atoms. The SMILES string of the molecule is CCCNC(=O)SCCCCCCSC(=O)NCCC. The molecule has 0 unspecified atom stereocenters. The molecular weight excluding hydrogens is 292 g/mol. The molecule has 0 saturated heterocycles. The van der Waals surface area contributed by atoms with Crippen LogP contribution in [0.15, 0.2) is 0 Å². The van der Waals surface area contributed by atoms with E-state index < -0.39 is 0 Å². The predicted octanol–water partition coefficient (Wildman–Crippen LogP) is 4.25. The van der Waals surface area contributed by atoms with Gasteiger partial charge in [-0.25, -0.2) is 0 Å². The Kier molecular flexibility index (Phi) is 14.8. The number of carbonyl (C=O) groups excluding carboxylic acids is 2. The second-order valence-corrected chi connectivity index (χ2v) is 6.68. The lowest BCUT2D eigenvalue weighted by Gasteiger charge is -2.04. The van der Waals surface area contributed by atoms with Crippen molar-refractivity contribution in [3.05, 3.63) is 0 Å². The van der Waals surface area contributed by atoms with Crippen LogP contribution in [0.3, 0.4) is 0 Å². The van der Waals surface area contributed by atoms with Gasteiger partial charge in [0.1, 0.15) is 0 Å². The molecule has 6 heteroatoms. The van der Waals surface area contributed by atoms with Crippen molar-refractivity contribution >= 4 is 34.0 Å². The normalized spacial score (nSPS) is 10.3. The van der Waals surface area contributed by atoms with Crippen molar-refractivity contribution in [3.8, 4) is 0 Å². The first-order valence-corrected chi connectivity index (χ1v) is 9.49. The summed E-state index contributed by atoms with van der Waals surface area (Å²) >= 11 is 2.75. The molecule has 0 aromatic heterocycles. The van der Waals surface area contributed by atoms with Crippen molar-refractivity contribution in [1.82, 2.24) is 10.6 Å². The predicted molar refractivity (Wildman–Crippen MR) is 90.8 cm³/mol. The van der Waals surface area contributed by atoms with Gasteiger partial charge in [-0.05, 0) is 25.7 Å². The monoisotopic (exact) mass is 320 g/mol. The second-order valence-electron chi connectivity index (χ2n) is 4.54. The van der Waals surface area contributed by atoms with Crippen molar-refractivity contribution in [3.63, 3.8) is 0 Å². The van der Waals surface area contributed by atoms with Crippen LogP contribution >= 0.6 is 23.5 Å². The first-order valence-electron chi connectivity index (χ1n) is 7.52. The molecule has 0 aromatic rings. The lowest BCUT2D eigenvalue weighted by atomic mass is 10.2. The summed E-state index contributed by atoms with van der Waals surface area (Å²) in [5.41, 5.74) is 0. The smallest absolute Gasteiger partial charge is 0.279 e. The Bertz CT molecular complexity index is 238. The second kappa shape index (κ2) is 15.0. The molecule has 0 aliphatic heterocycles. The Morgan fingerprint density at radius 2 is 1.15 bits per heavy atom. The molecule has 0 aliphatic carbocycles. The number of carbonyl (C=O) groups is 2. The molecule has 0 heterocycles. The van der Waals surface area contributed by atoms with Crippen LogP contribution in [0.2, 0.25) is 0 Å². The molecule has 2 N–H and O–H groups in total. The van der Waals surface area contributed by atoms with Gasteiger partial charge in [-0.15, -0.1) is 0 Å². The molecule has 0 atom stereocenters. The van der Waals surface area contributed by atoms with E-state index in [0.29, 0.717) is 0 Å². The topological polar surface area (TPSA) is 58.2 Å². The van der Waals surface area contributed by atoms with Gasteiger partial charge < -0.3 is 10.6 Å². The van der Waals surface area contributed by atoms with E-state index in [1.807, 2.05) is 13.8 Å². The number of amides is 2. The van der Waals surface area contributed by atoms with Gasteiger partial charge in [0.05, 0.1) is 0 Å². The molecular formula is C14H28N2O2S2. The summed E-state index contributed by atoms with van der Waals surface area (Å²) < 4.78 is 0. The van der Waals surface area contributed by atoms with Gasteiger partial charge >= 0.3 is 0 Å². The van der Waals surface area contributed by atoms with Crippen LogP contribution in [0.1, 0.15) is 52.4 Å². The molecule has 118 valence electrons.